The van der Waals surface area contributed by atoms with Gasteiger partial charge in [0.15, 0.2) is 0 Å². The third-order valence-corrected chi connectivity index (χ3v) is 2.76. The molecule has 0 heterocycles. The highest BCUT2D eigenvalue weighted by Gasteiger charge is 2.15. The van der Waals surface area contributed by atoms with E-state index in [0.29, 0.717) is 17.1 Å². The third kappa shape index (κ3) is 3.79. The summed E-state index contributed by atoms with van der Waals surface area (Å²) in [6.07, 6.45) is 0. The minimum atomic E-state index is -0.860. The monoisotopic (exact) mass is 287 g/mol. The maximum Gasteiger partial charge on any atom is 0.314 e. The number of rotatable bonds is 2. The van der Waals surface area contributed by atoms with Gasteiger partial charge in [-0.05, 0) is 48.9 Å². The number of hydrogen-bond donors (Lipinski definition) is 3. The lowest BCUT2D eigenvalue weighted by atomic mass is 10.2. The number of carbonyl (C=O) groups is 2. The van der Waals surface area contributed by atoms with Crippen molar-refractivity contribution in [3.05, 3.63) is 53.8 Å². The molecule has 0 aliphatic heterocycles. The van der Waals surface area contributed by atoms with E-state index in [4.69, 9.17) is 5.73 Å². The quantitative estimate of drug-likeness (QED) is 0.585. The second-order valence-corrected chi connectivity index (χ2v) is 4.51. The van der Waals surface area contributed by atoms with Gasteiger partial charge in [0.1, 0.15) is 5.82 Å². The van der Waals surface area contributed by atoms with Crippen LogP contribution in [0.25, 0.3) is 0 Å². The van der Waals surface area contributed by atoms with E-state index in [9.17, 15) is 14.0 Å². The van der Waals surface area contributed by atoms with Gasteiger partial charge < -0.3 is 16.4 Å². The lowest BCUT2D eigenvalue weighted by Crippen LogP contribution is -2.29. The van der Waals surface area contributed by atoms with Crippen LogP contribution in [0.4, 0.5) is 21.5 Å². The number of nitrogens with two attached hydrogens (primary N) is 1. The average molecular weight is 287 g/mol. The molecule has 2 aromatic rings. The lowest BCUT2D eigenvalue weighted by Gasteiger charge is -2.09. The van der Waals surface area contributed by atoms with Gasteiger partial charge in [0.25, 0.3) is 0 Å². The Kier molecular flexibility index (Phi) is 4.18. The van der Waals surface area contributed by atoms with E-state index in [2.05, 4.69) is 10.6 Å². The van der Waals surface area contributed by atoms with E-state index in [-0.39, 0.29) is 0 Å². The summed E-state index contributed by atoms with van der Waals surface area (Å²) >= 11 is 0. The predicted molar refractivity (Wildman–Crippen MR) is 79.3 cm³/mol. The van der Waals surface area contributed by atoms with Gasteiger partial charge in [-0.25, -0.2) is 4.39 Å². The van der Waals surface area contributed by atoms with Crippen molar-refractivity contribution < 1.29 is 14.0 Å². The van der Waals surface area contributed by atoms with Crippen molar-refractivity contribution in [2.75, 3.05) is 16.4 Å². The molecule has 0 saturated heterocycles. The molecule has 108 valence electrons. The van der Waals surface area contributed by atoms with Gasteiger partial charge in [-0.1, -0.05) is 6.07 Å². The zero-order valence-corrected chi connectivity index (χ0v) is 11.3. The fraction of sp³-hybridized carbons (Fsp3) is 0.0667. The van der Waals surface area contributed by atoms with Crippen LogP contribution in [-0.4, -0.2) is 11.8 Å². The van der Waals surface area contributed by atoms with Crippen LogP contribution < -0.4 is 16.4 Å². The normalized spacial score (nSPS) is 10.0. The number of benzene rings is 2. The molecule has 0 unspecified atom stereocenters. The van der Waals surface area contributed by atoms with Crippen molar-refractivity contribution in [2.24, 2.45) is 0 Å². The zero-order valence-electron chi connectivity index (χ0n) is 11.3. The zero-order chi connectivity index (χ0) is 15.4. The van der Waals surface area contributed by atoms with Gasteiger partial charge in [0.2, 0.25) is 0 Å². The molecule has 0 spiro atoms. The first-order chi connectivity index (χ1) is 9.95. The standard InChI is InChI=1S/C15H14FN3O2/c1-9-2-7-13(12(17)8-9)19-15(21)14(20)18-11-5-3-10(16)4-6-11/h2-8H,17H2,1H3,(H,18,20)(H,19,21). The van der Waals surface area contributed by atoms with E-state index in [1.54, 1.807) is 18.2 Å². The molecular weight excluding hydrogens is 273 g/mol. The van der Waals surface area contributed by atoms with Crippen LogP contribution in [-0.2, 0) is 9.59 Å². The van der Waals surface area contributed by atoms with E-state index >= 15 is 0 Å². The molecule has 6 heteroatoms. The summed E-state index contributed by atoms with van der Waals surface area (Å²) in [6.45, 7) is 1.86. The summed E-state index contributed by atoms with van der Waals surface area (Å²) in [5.41, 5.74) is 7.76. The highest BCUT2D eigenvalue weighted by Crippen LogP contribution is 2.19. The second-order valence-electron chi connectivity index (χ2n) is 4.51. The van der Waals surface area contributed by atoms with Crippen LogP contribution in [0.2, 0.25) is 0 Å². The second kappa shape index (κ2) is 6.04. The summed E-state index contributed by atoms with van der Waals surface area (Å²) in [4.78, 5) is 23.5. The summed E-state index contributed by atoms with van der Waals surface area (Å²) in [6, 6.07) is 10.2. The molecule has 5 nitrogen and oxygen atoms in total. The van der Waals surface area contributed by atoms with Crippen molar-refractivity contribution in [3.63, 3.8) is 0 Å². The minimum Gasteiger partial charge on any atom is -0.397 e. The van der Waals surface area contributed by atoms with E-state index < -0.39 is 17.6 Å². The number of halogens is 1. The highest BCUT2D eigenvalue weighted by atomic mass is 19.1. The molecule has 0 aliphatic rings. The maximum atomic E-state index is 12.7. The molecule has 2 aromatic carbocycles. The Morgan fingerprint density at radius 1 is 1.00 bits per heavy atom. The van der Waals surface area contributed by atoms with E-state index in [1.807, 2.05) is 6.92 Å². The Morgan fingerprint density at radius 3 is 2.24 bits per heavy atom. The van der Waals surface area contributed by atoms with Crippen molar-refractivity contribution in [3.8, 4) is 0 Å². The molecule has 0 aliphatic carbocycles. The number of amides is 2. The third-order valence-electron chi connectivity index (χ3n) is 2.76. The molecule has 0 fully saturated rings. The van der Waals surface area contributed by atoms with Crippen molar-refractivity contribution in [1.29, 1.82) is 0 Å². The van der Waals surface area contributed by atoms with Gasteiger partial charge in [-0.2, -0.15) is 0 Å². The summed E-state index contributed by atoms with van der Waals surface area (Å²) in [5.74, 6) is -2.14. The van der Waals surface area contributed by atoms with Gasteiger partial charge in [0, 0.05) is 5.69 Å². The summed E-state index contributed by atoms with van der Waals surface area (Å²) in [5, 5.41) is 4.78. The Bertz CT molecular complexity index is 684. The molecule has 0 bridgehead atoms. The molecule has 0 atom stereocenters. The number of hydrogen-bond acceptors (Lipinski definition) is 3. The SMILES string of the molecule is Cc1ccc(NC(=O)C(=O)Nc2ccc(F)cc2)c(N)c1. The predicted octanol–water partition coefficient (Wildman–Crippen LogP) is 2.29. The Hall–Kier alpha value is -2.89. The lowest BCUT2D eigenvalue weighted by molar-refractivity contribution is -0.132. The first kappa shape index (κ1) is 14.5. The molecule has 2 rings (SSSR count). The van der Waals surface area contributed by atoms with Crippen LogP contribution in [0, 0.1) is 12.7 Å². The van der Waals surface area contributed by atoms with Crippen LogP contribution in [0.5, 0.6) is 0 Å². The number of aryl methyl sites for hydroxylation is 1. The number of nitrogen functional groups attached to an aromatic ring is 1. The smallest absolute Gasteiger partial charge is 0.314 e. The first-order valence-corrected chi connectivity index (χ1v) is 6.20. The molecule has 2 amide bonds. The van der Waals surface area contributed by atoms with Crippen LogP contribution >= 0.6 is 0 Å². The molecular formula is C15H14FN3O2. The van der Waals surface area contributed by atoms with E-state index in [1.165, 1.54) is 24.3 Å². The highest BCUT2D eigenvalue weighted by molar-refractivity contribution is 6.43. The minimum absolute atomic E-state index is 0.327. The first-order valence-electron chi connectivity index (χ1n) is 6.20. The van der Waals surface area contributed by atoms with E-state index in [0.717, 1.165) is 5.56 Å². The summed E-state index contributed by atoms with van der Waals surface area (Å²) < 4.78 is 12.7. The fourth-order valence-electron chi connectivity index (χ4n) is 1.70. The molecule has 0 aromatic heterocycles. The van der Waals surface area contributed by atoms with Gasteiger partial charge in [-0.15, -0.1) is 0 Å². The molecule has 0 radical (unpaired) electrons. The number of anilines is 3. The molecule has 0 saturated carbocycles. The Labute approximate surface area is 121 Å². The van der Waals surface area contributed by atoms with Crippen molar-refractivity contribution >= 4 is 28.9 Å². The molecule has 21 heavy (non-hydrogen) atoms. The Morgan fingerprint density at radius 2 is 1.62 bits per heavy atom. The van der Waals surface area contributed by atoms with Crippen molar-refractivity contribution in [1.82, 2.24) is 0 Å². The Balaban J connectivity index is 2.02. The summed E-state index contributed by atoms with van der Waals surface area (Å²) in [7, 11) is 0. The van der Waals surface area contributed by atoms with Gasteiger partial charge in [-0.3, -0.25) is 9.59 Å². The maximum absolute atomic E-state index is 12.7. The number of carbonyl (C=O) groups excluding carboxylic acids is 2. The number of nitrogens with one attached hydrogen (secondary N) is 2. The van der Waals surface area contributed by atoms with Crippen molar-refractivity contribution in [2.45, 2.75) is 6.92 Å². The average Bonchev–Trinajstić information content (AvgIpc) is 2.44. The van der Waals surface area contributed by atoms with Crippen LogP contribution in [0.1, 0.15) is 5.56 Å². The van der Waals surface area contributed by atoms with Crippen LogP contribution in [0.15, 0.2) is 42.5 Å². The largest absolute Gasteiger partial charge is 0.397 e. The fourth-order valence-corrected chi connectivity index (χ4v) is 1.70. The van der Waals surface area contributed by atoms with Gasteiger partial charge >= 0.3 is 11.8 Å². The molecule has 4 N–H and O–H groups in total. The topological polar surface area (TPSA) is 84.2 Å². The van der Waals surface area contributed by atoms with Gasteiger partial charge in [0.05, 0.1) is 11.4 Å². The van der Waals surface area contributed by atoms with Crippen LogP contribution in [0.3, 0.4) is 0 Å².